The topological polar surface area (TPSA) is 84.2 Å². The summed E-state index contributed by atoms with van der Waals surface area (Å²) in [7, 11) is 0. The lowest BCUT2D eigenvalue weighted by Crippen LogP contribution is -2.34. The van der Waals surface area contributed by atoms with Crippen molar-refractivity contribution in [3.63, 3.8) is 0 Å². The predicted molar refractivity (Wildman–Crippen MR) is 109 cm³/mol. The zero-order valence-electron chi connectivity index (χ0n) is 14.4. The Balaban J connectivity index is 1.72. The molecule has 140 valence electrons. The van der Waals surface area contributed by atoms with Crippen LogP contribution in [0.15, 0.2) is 59.2 Å². The zero-order chi connectivity index (χ0) is 19.2. The molecule has 0 saturated carbocycles. The number of anilines is 1. The Morgan fingerprint density at radius 2 is 2.07 bits per heavy atom. The molecular formula is C19H18BrClN4O2. The van der Waals surface area contributed by atoms with Crippen LogP contribution in [-0.2, 0) is 6.54 Å². The summed E-state index contributed by atoms with van der Waals surface area (Å²) in [5.74, 6) is 0.686. The minimum atomic E-state index is -0.212. The van der Waals surface area contributed by atoms with Gasteiger partial charge in [-0.05, 0) is 35.9 Å². The van der Waals surface area contributed by atoms with Crippen molar-refractivity contribution in [2.75, 3.05) is 18.9 Å². The molecular weight excluding hydrogens is 432 g/mol. The molecule has 1 heterocycles. The van der Waals surface area contributed by atoms with Crippen molar-refractivity contribution in [3.05, 3.63) is 75.4 Å². The summed E-state index contributed by atoms with van der Waals surface area (Å²) in [4.78, 5) is 14.6. The van der Waals surface area contributed by atoms with E-state index in [-0.39, 0.29) is 11.7 Å². The minimum absolute atomic E-state index is 0.212. The van der Waals surface area contributed by atoms with Crippen LogP contribution in [0, 0.1) is 0 Å². The fraction of sp³-hybridized carbons (Fsp3) is 0.158. The van der Waals surface area contributed by atoms with Crippen molar-refractivity contribution in [1.82, 2.24) is 15.1 Å². The average molecular weight is 450 g/mol. The number of nitrogen functional groups attached to an aromatic ring is 1. The first-order valence-corrected chi connectivity index (χ1v) is 9.41. The number of ether oxygens (including phenoxy) is 1. The number of halogens is 2. The molecule has 3 N–H and O–H groups in total. The second-order valence-electron chi connectivity index (χ2n) is 5.86. The molecule has 2 aromatic carbocycles. The number of nitrogens with two attached hydrogens (primary N) is 1. The Labute approximate surface area is 170 Å². The monoisotopic (exact) mass is 448 g/mol. The number of amides is 1. The lowest BCUT2D eigenvalue weighted by atomic mass is 10.2. The highest BCUT2D eigenvalue weighted by Gasteiger charge is 2.20. The molecule has 0 radical (unpaired) electrons. The Kier molecular flexibility index (Phi) is 6.36. The van der Waals surface area contributed by atoms with Crippen LogP contribution in [0.3, 0.4) is 0 Å². The van der Waals surface area contributed by atoms with Gasteiger partial charge in [-0.3, -0.25) is 9.89 Å². The van der Waals surface area contributed by atoms with E-state index in [0.717, 1.165) is 10.0 Å². The summed E-state index contributed by atoms with van der Waals surface area (Å²) in [6.45, 7) is 1.11. The summed E-state index contributed by atoms with van der Waals surface area (Å²) >= 11 is 9.42. The van der Waals surface area contributed by atoms with Crippen molar-refractivity contribution in [1.29, 1.82) is 0 Å². The summed E-state index contributed by atoms with van der Waals surface area (Å²) in [5, 5.41) is 7.02. The maximum Gasteiger partial charge on any atom is 0.259 e. The highest BCUT2D eigenvalue weighted by atomic mass is 79.9. The highest BCUT2D eigenvalue weighted by Crippen LogP contribution is 2.19. The fourth-order valence-corrected chi connectivity index (χ4v) is 3.20. The number of carbonyl (C=O) groups excluding carboxylic acids is 1. The first-order valence-electron chi connectivity index (χ1n) is 8.24. The molecule has 1 amide bonds. The number of H-pyrrole nitrogens is 1. The lowest BCUT2D eigenvalue weighted by molar-refractivity contribution is 0.0717. The van der Waals surface area contributed by atoms with E-state index in [2.05, 4.69) is 26.1 Å². The molecule has 0 aliphatic carbocycles. The molecule has 0 saturated heterocycles. The van der Waals surface area contributed by atoms with Crippen LogP contribution < -0.4 is 10.5 Å². The van der Waals surface area contributed by atoms with Crippen molar-refractivity contribution < 1.29 is 9.53 Å². The lowest BCUT2D eigenvalue weighted by Gasteiger charge is -2.23. The molecule has 3 rings (SSSR count). The Hall–Kier alpha value is -2.51. The van der Waals surface area contributed by atoms with Gasteiger partial charge < -0.3 is 15.4 Å². The Bertz CT molecular complexity index is 931. The number of carbonyl (C=O) groups is 1. The third-order valence-corrected chi connectivity index (χ3v) is 4.60. The number of benzene rings is 2. The number of hydrogen-bond acceptors (Lipinski definition) is 4. The summed E-state index contributed by atoms with van der Waals surface area (Å²) in [6, 6.07) is 14.9. The summed E-state index contributed by atoms with van der Waals surface area (Å²) < 4.78 is 6.68. The van der Waals surface area contributed by atoms with Gasteiger partial charge in [-0.25, -0.2) is 0 Å². The van der Waals surface area contributed by atoms with Crippen LogP contribution >= 0.6 is 27.5 Å². The van der Waals surface area contributed by atoms with Gasteiger partial charge in [0.25, 0.3) is 5.91 Å². The number of nitrogens with zero attached hydrogens (tertiary/aromatic N) is 2. The van der Waals surface area contributed by atoms with E-state index >= 15 is 0 Å². The maximum atomic E-state index is 12.9. The maximum absolute atomic E-state index is 12.9. The Morgan fingerprint density at radius 3 is 2.78 bits per heavy atom. The van der Waals surface area contributed by atoms with Crippen LogP contribution in [0.5, 0.6) is 5.75 Å². The van der Waals surface area contributed by atoms with E-state index in [1.807, 2.05) is 36.4 Å². The average Bonchev–Trinajstić information content (AvgIpc) is 3.06. The molecule has 0 spiro atoms. The molecule has 0 aliphatic heterocycles. The number of hydrogen-bond donors (Lipinski definition) is 2. The van der Waals surface area contributed by atoms with E-state index in [9.17, 15) is 4.79 Å². The van der Waals surface area contributed by atoms with Crippen molar-refractivity contribution in [2.24, 2.45) is 0 Å². The normalized spacial score (nSPS) is 10.6. The molecule has 0 unspecified atom stereocenters. The summed E-state index contributed by atoms with van der Waals surface area (Å²) in [5.41, 5.74) is 7.14. The van der Waals surface area contributed by atoms with Gasteiger partial charge in [-0.15, -0.1) is 0 Å². The SMILES string of the molecule is Nc1[nH]ncc1C(=O)N(CCOc1cccc(Cl)c1)Cc1cccc(Br)c1. The quantitative estimate of drug-likeness (QED) is 0.568. The van der Waals surface area contributed by atoms with Gasteiger partial charge in [0.05, 0.1) is 12.7 Å². The highest BCUT2D eigenvalue weighted by molar-refractivity contribution is 9.10. The van der Waals surface area contributed by atoms with E-state index < -0.39 is 0 Å². The zero-order valence-corrected chi connectivity index (χ0v) is 16.7. The largest absolute Gasteiger partial charge is 0.492 e. The van der Waals surface area contributed by atoms with Crippen LogP contribution in [0.25, 0.3) is 0 Å². The third-order valence-electron chi connectivity index (χ3n) is 3.87. The van der Waals surface area contributed by atoms with Crippen molar-refractivity contribution in [2.45, 2.75) is 6.54 Å². The van der Waals surface area contributed by atoms with Gasteiger partial charge in [-0.1, -0.05) is 45.7 Å². The molecule has 0 bridgehead atoms. The smallest absolute Gasteiger partial charge is 0.259 e. The van der Waals surface area contributed by atoms with E-state index in [4.69, 9.17) is 22.1 Å². The van der Waals surface area contributed by atoms with Crippen molar-refractivity contribution >= 4 is 39.3 Å². The number of rotatable bonds is 7. The predicted octanol–water partition coefficient (Wildman–Crippen LogP) is 4.13. The molecule has 0 atom stereocenters. The molecule has 0 fully saturated rings. The third kappa shape index (κ3) is 5.24. The first-order chi connectivity index (χ1) is 13.0. The van der Waals surface area contributed by atoms with E-state index in [1.165, 1.54) is 6.20 Å². The van der Waals surface area contributed by atoms with Gasteiger partial charge in [0.15, 0.2) is 0 Å². The van der Waals surface area contributed by atoms with Crippen molar-refractivity contribution in [3.8, 4) is 5.75 Å². The number of aromatic nitrogens is 2. The minimum Gasteiger partial charge on any atom is -0.492 e. The standard InChI is InChI=1S/C19H18BrClN4O2/c20-14-4-1-3-13(9-14)12-25(19(26)17-11-23-24-18(17)22)7-8-27-16-6-2-5-15(21)10-16/h1-6,9-11H,7-8,12H2,(H3,22,23,24). The Morgan fingerprint density at radius 1 is 1.26 bits per heavy atom. The van der Waals surface area contributed by atoms with Gasteiger partial charge in [0, 0.05) is 16.0 Å². The number of nitrogens with one attached hydrogen (secondary N) is 1. The number of aromatic amines is 1. The first kappa shape index (κ1) is 19.3. The van der Waals surface area contributed by atoms with Gasteiger partial charge in [0.1, 0.15) is 23.7 Å². The fourth-order valence-electron chi connectivity index (χ4n) is 2.58. The second kappa shape index (κ2) is 8.92. The molecule has 6 nitrogen and oxygen atoms in total. The van der Waals surface area contributed by atoms with Gasteiger partial charge in [-0.2, -0.15) is 5.10 Å². The molecule has 8 heteroatoms. The molecule has 0 aliphatic rings. The van der Waals surface area contributed by atoms with E-state index in [0.29, 0.717) is 36.0 Å². The van der Waals surface area contributed by atoms with Gasteiger partial charge in [0.2, 0.25) is 0 Å². The van der Waals surface area contributed by atoms with Crippen LogP contribution in [-0.4, -0.2) is 34.2 Å². The van der Waals surface area contributed by atoms with Crippen LogP contribution in [0.2, 0.25) is 5.02 Å². The van der Waals surface area contributed by atoms with Crippen LogP contribution in [0.1, 0.15) is 15.9 Å². The van der Waals surface area contributed by atoms with Gasteiger partial charge >= 0.3 is 0 Å². The second-order valence-corrected chi connectivity index (χ2v) is 7.21. The molecule has 3 aromatic rings. The van der Waals surface area contributed by atoms with Crippen LogP contribution in [0.4, 0.5) is 5.82 Å². The molecule has 27 heavy (non-hydrogen) atoms. The van der Waals surface area contributed by atoms with E-state index in [1.54, 1.807) is 17.0 Å². The molecule has 1 aromatic heterocycles. The summed E-state index contributed by atoms with van der Waals surface area (Å²) in [6.07, 6.45) is 1.43.